The summed E-state index contributed by atoms with van der Waals surface area (Å²) in [5.41, 5.74) is 0. The van der Waals surface area contributed by atoms with E-state index in [-0.39, 0.29) is 6.61 Å². The monoisotopic (exact) mass is 241 g/mol. The van der Waals surface area contributed by atoms with Gasteiger partial charge in [0.1, 0.15) is 5.01 Å². The standard InChI is InChI=1S/C11H19N3OS/c1-8(2)10-12-13-11(16-10)14-5-3-4-9(6-14)7-15/h8-9,15H,3-7H2,1-2H3. The van der Waals surface area contributed by atoms with Crippen LogP contribution in [0.15, 0.2) is 0 Å². The highest BCUT2D eigenvalue weighted by Crippen LogP contribution is 2.28. The van der Waals surface area contributed by atoms with Crippen LogP contribution in [-0.4, -0.2) is 35.0 Å². The lowest BCUT2D eigenvalue weighted by atomic mass is 10.00. The number of aliphatic hydroxyl groups is 1. The zero-order valence-electron chi connectivity index (χ0n) is 9.89. The van der Waals surface area contributed by atoms with Gasteiger partial charge in [0, 0.05) is 25.6 Å². The number of piperidine rings is 1. The average molecular weight is 241 g/mol. The molecule has 1 aromatic heterocycles. The van der Waals surface area contributed by atoms with Gasteiger partial charge in [-0.05, 0) is 18.8 Å². The highest BCUT2D eigenvalue weighted by atomic mass is 32.1. The summed E-state index contributed by atoms with van der Waals surface area (Å²) in [5, 5.41) is 19.8. The number of nitrogens with zero attached hydrogens (tertiary/aromatic N) is 3. The van der Waals surface area contributed by atoms with Crippen LogP contribution in [0.25, 0.3) is 0 Å². The minimum Gasteiger partial charge on any atom is -0.396 e. The minimum atomic E-state index is 0.284. The van der Waals surface area contributed by atoms with Crippen molar-refractivity contribution in [2.24, 2.45) is 5.92 Å². The van der Waals surface area contributed by atoms with Crippen LogP contribution in [0.4, 0.5) is 5.13 Å². The molecule has 0 bridgehead atoms. The lowest BCUT2D eigenvalue weighted by Crippen LogP contribution is -2.36. The maximum absolute atomic E-state index is 9.19. The van der Waals surface area contributed by atoms with Gasteiger partial charge in [-0.1, -0.05) is 25.2 Å². The number of aliphatic hydroxyl groups excluding tert-OH is 1. The van der Waals surface area contributed by atoms with Crippen molar-refractivity contribution in [3.05, 3.63) is 5.01 Å². The zero-order valence-corrected chi connectivity index (χ0v) is 10.7. The second-order valence-corrected chi connectivity index (χ2v) is 5.70. The quantitative estimate of drug-likeness (QED) is 0.877. The van der Waals surface area contributed by atoms with E-state index in [4.69, 9.17) is 0 Å². The van der Waals surface area contributed by atoms with Crippen molar-refractivity contribution in [2.45, 2.75) is 32.6 Å². The number of hydrogen-bond acceptors (Lipinski definition) is 5. The van der Waals surface area contributed by atoms with Crippen LogP contribution in [0.2, 0.25) is 0 Å². The van der Waals surface area contributed by atoms with Crippen molar-refractivity contribution < 1.29 is 5.11 Å². The summed E-state index contributed by atoms with van der Waals surface area (Å²) in [7, 11) is 0. The van der Waals surface area contributed by atoms with Crippen LogP contribution in [0.3, 0.4) is 0 Å². The largest absolute Gasteiger partial charge is 0.396 e. The van der Waals surface area contributed by atoms with E-state index in [1.807, 2.05) is 0 Å². The number of hydrogen-bond donors (Lipinski definition) is 1. The Morgan fingerprint density at radius 3 is 2.94 bits per heavy atom. The van der Waals surface area contributed by atoms with Crippen molar-refractivity contribution in [1.82, 2.24) is 10.2 Å². The summed E-state index contributed by atoms with van der Waals surface area (Å²) in [4.78, 5) is 2.26. The Kier molecular flexibility index (Phi) is 3.76. The number of anilines is 1. The van der Waals surface area contributed by atoms with Crippen LogP contribution >= 0.6 is 11.3 Å². The van der Waals surface area contributed by atoms with E-state index in [0.29, 0.717) is 11.8 Å². The predicted octanol–water partition coefficient (Wildman–Crippen LogP) is 1.87. The highest BCUT2D eigenvalue weighted by Gasteiger charge is 2.22. The van der Waals surface area contributed by atoms with Crippen molar-refractivity contribution in [2.75, 3.05) is 24.6 Å². The summed E-state index contributed by atoms with van der Waals surface area (Å²) in [5.74, 6) is 0.852. The molecule has 1 fully saturated rings. The molecule has 4 nitrogen and oxygen atoms in total. The fraction of sp³-hybridized carbons (Fsp3) is 0.818. The molecule has 1 aliphatic heterocycles. The Bertz CT molecular complexity index is 340. The van der Waals surface area contributed by atoms with Gasteiger partial charge in [0.15, 0.2) is 0 Å². The first-order valence-corrected chi connectivity index (χ1v) is 6.71. The predicted molar refractivity (Wildman–Crippen MR) is 66.0 cm³/mol. The maximum atomic E-state index is 9.19. The van der Waals surface area contributed by atoms with Crippen LogP contribution in [0.5, 0.6) is 0 Å². The highest BCUT2D eigenvalue weighted by molar-refractivity contribution is 7.15. The maximum Gasteiger partial charge on any atom is 0.208 e. The van der Waals surface area contributed by atoms with Gasteiger partial charge < -0.3 is 10.0 Å². The lowest BCUT2D eigenvalue weighted by molar-refractivity contribution is 0.208. The van der Waals surface area contributed by atoms with Crippen LogP contribution in [0, 0.1) is 5.92 Å². The van der Waals surface area contributed by atoms with Gasteiger partial charge in [-0.25, -0.2) is 0 Å². The molecule has 1 aromatic rings. The summed E-state index contributed by atoms with van der Waals surface area (Å²) in [6.07, 6.45) is 2.27. The third-order valence-corrected chi connectivity index (χ3v) is 4.26. The molecule has 1 atom stereocenters. The van der Waals surface area contributed by atoms with Gasteiger partial charge >= 0.3 is 0 Å². The molecule has 0 aliphatic carbocycles. The summed E-state index contributed by atoms with van der Waals surface area (Å²) >= 11 is 1.68. The molecular formula is C11H19N3OS. The van der Waals surface area contributed by atoms with E-state index in [0.717, 1.165) is 36.1 Å². The summed E-state index contributed by atoms with van der Waals surface area (Å²) in [6.45, 7) is 6.52. The molecule has 0 radical (unpaired) electrons. The minimum absolute atomic E-state index is 0.284. The third-order valence-electron chi connectivity index (χ3n) is 2.97. The average Bonchev–Trinajstić information content (AvgIpc) is 2.78. The van der Waals surface area contributed by atoms with Gasteiger partial charge in [0.05, 0.1) is 0 Å². The van der Waals surface area contributed by atoms with E-state index in [1.54, 1.807) is 11.3 Å². The molecule has 1 N–H and O–H groups in total. The van der Waals surface area contributed by atoms with Crippen molar-refractivity contribution in [3.63, 3.8) is 0 Å². The van der Waals surface area contributed by atoms with Gasteiger partial charge in [-0.2, -0.15) is 0 Å². The molecule has 1 unspecified atom stereocenters. The first-order chi connectivity index (χ1) is 7.70. The Morgan fingerprint density at radius 1 is 1.50 bits per heavy atom. The molecule has 0 amide bonds. The lowest BCUT2D eigenvalue weighted by Gasteiger charge is -2.31. The van der Waals surface area contributed by atoms with Gasteiger partial charge in [0.2, 0.25) is 5.13 Å². The topological polar surface area (TPSA) is 49.2 Å². The molecular weight excluding hydrogens is 222 g/mol. The van der Waals surface area contributed by atoms with Gasteiger partial charge in [-0.3, -0.25) is 0 Å². The normalized spacial score (nSPS) is 21.8. The van der Waals surface area contributed by atoms with Gasteiger partial charge in [0.25, 0.3) is 0 Å². The molecule has 16 heavy (non-hydrogen) atoms. The Labute approximate surface area is 100 Å². The van der Waals surface area contributed by atoms with E-state index in [1.165, 1.54) is 0 Å². The van der Waals surface area contributed by atoms with Crippen LogP contribution in [0.1, 0.15) is 37.6 Å². The van der Waals surface area contributed by atoms with Crippen LogP contribution in [-0.2, 0) is 0 Å². The summed E-state index contributed by atoms with van der Waals surface area (Å²) in [6, 6.07) is 0. The fourth-order valence-corrected chi connectivity index (χ4v) is 2.86. The summed E-state index contributed by atoms with van der Waals surface area (Å²) < 4.78 is 0. The SMILES string of the molecule is CC(C)c1nnc(N2CCCC(CO)C2)s1. The third kappa shape index (κ3) is 2.52. The molecule has 90 valence electrons. The number of rotatable bonds is 3. The second-order valence-electron chi connectivity index (χ2n) is 4.71. The fourth-order valence-electron chi connectivity index (χ4n) is 1.98. The molecule has 1 saturated heterocycles. The van der Waals surface area contributed by atoms with E-state index >= 15 is 0 Å². The molecule has 2 rings (SSSR count). The zero-order chi connectivity index (χ0) is 11.5. The molecule has 1 aliphatic rings. The molecule has 0 spiro atoms. The Morgan fingerprint density at radius 2 is 2.31 bits per heavy atom. The Hall–Kier alpha value is -0.680. The van der Waals surface area contributed by atoms with Crippen molar-refractivity contribution in [1.29, 1.82) is 0 Å². The second kappa shape index (κ2) is 5.10. The van der Waals surface area contributed by atoms with Crippen LogP contribution < -0.4 is 4.90 Å². The first kappa shape index (κ1) is 11.8. The van der Waals surface area contributed by atoms with Crippen molar-refractivity contribution >= 4 is 16.5 Å². The molecule has 2 heterocycles. The van der Waals surface area contributed by atoms with Gasteiger partial charge in [-0.15, -0.1) is 10.2 Å². The van der Waals surface area contributed by atoms with E-state index in [2.05, 4.69) is 28.9 Å². The molecule has 0 saturated carbocycles. The van der Waals surface area contributed by atoms with E-state index < -0.39 is 0 Å². The molecule has 5 heteroatoms. The van der Waals surface area contributed by atoms with Crippen molar-refractivity contribution in [3.8, 4) is 0 Å². The first-order valence-electron chi connectivity index (χ1n) is 5.90. The molecule has 0 aromatic carbocycles. The number of aromatic nitrogens is 2. The smallest absolute Gasteiger partial charge is 0.208 e. The Balaban J connectivity index is 2.05. The van der Waals surface area contributed by atoms with E-state index in [9.17, 15) is 5.11 Å².